The molecule has 0 aliphatic rings. The SMILES string of the molecule is CCCC(CC)c1c[c-]c(C(=N)N=C(O)C(C)(C)c2cccc(-c3[c-]cccc3)n2)cc1.[Pt+2]. The number of pyridine rings is 1. The van der Waals surface area contributed by atoms with Crippen molar-refractivity contribution in [1.29, 1.82) is 5.41 Å². The van der Waals surface area contributed by atoms with Crippen molar-refractivity contribution >= 4 is 11.7 Å². The zero-order valence-electron chi connectivity index (χ0n) is 19.6. The van der Waals surface area contributed by atoms with Gasteiger partial charge in [-0.1, -0.05) is 51.2 Å². The second-order valence-electron chi connectivity index (χ2n) is 8.52. The molecule has 33 heavy (non-hydrogen) atoms. The summed E-state index contributed by atoms with van der Waals surface area (Å²) in [7, 11) is 0. The van der Waals surface area contributed by atoms with E-state index in [0.717, 1.165) is 30.5 Å². The van der Waals surface area contributed by atoms with E-state index in [1.165, 1.54) is 5.56 Å². The smallest absolute Gasteiger partial charge is 0.496 e. The van der Waals surface area contributed by atoms with Crippen molar-refractivity contribution in [3.63, 3.8) is 0 Å². The third-order valence-corrected chi connectivity index (χ3v) is 5.84. The maximum absolute atomic E-state index is 10.8. The summed E-state index contributed by atoms with van der Waals surface area (Å²) in [6.45, 7) is 8.09. The Morgan fingerprint density at radius 3 is 2.48 bits per heavy atom. The number of nitrogens with one attached hydrogen (secondary N) is 1. The molecule has 3 rings (SSSR count). The van der Waals surface area contributed by atoms with Crippen LogP contribution in [0, 0.1) is 17.5 Å². The maximum Gasteiger partial charge on any atom is 2.00 e. The Balaban J connectivity index is 0.00000385. The van der Waals surface area contributed by atoms with Crippen LogP contribution in [0.4, 0.5) is 0 Å². The topological polar surface area (TPSA) is 69.3 Å². The first-order valence-corrected chi connectivity index (χ1v) is 11.2. The minimum absolute atomic E-state index is 0. The van der Waals surface area contributed by atoms with Crippen LogP contribution in [0.15, 0.2) is 65.7 Å². The Morgan fingerprint density at radius 2 is 1.88 bits per heavy atom. The molecule has 0 radical (unpaired) electrons. The predicted octanol–water partition coefficient (Wildman–Crippen LogP) is 6.90. The molecular formula is C28H31N3OPt. The van der Waals surface area contributed by atoms with Gasteiger partial charge in [-0.25, -0.2) is 4.99 Å². The summed E-state index contributed by atoms with van der Waals surface area (Å²) >= 11 is 0. The van der Waals surface area contributed by atoms with E-state index in [9.17, 15) is 5.11 Å². The molecule has 2 aromatic carbocycles. The van der Waals surface area contributed by atoms with Gasteiger partial charge in [-0.15, -0.1) is 71.3 Å². The number of aliphatic hydroxyl groups excluding tert-OH is 1. The number of benzene rings is 2. The van der Waals surface area contributed by atoms with Crippen LogP contribution in [0.2, 0.25) is 0 Å². The average Bonchev–Trinajstić information content (AvgIpc) is 2.83. The maximum atomic E-state index is 10.8. The molecule has 3 aromatic rings. The molecule has 174 valence electrons. The van der Waals surface area contributed by atoms with Gasteiger partial charge in [0.05, 0.1) is 11.3 Å². The van der Waals surface area contributed by atoms with Crippen molar-refractivity contribution < 1.29 is 26.2 Å². The van der Waals surface area contributed by atoms with Gasteiger partial charge in [0.15, 0.2) is 5.90 Å². The van der Waals surface area contributed by atoms with Gasteiger partial charge in [-0.2, -0.15) is 0 Å². The number of aromatic nitrogens is 1. The third kappa shape index (κ3) is 6.48. The van der Waals surface area contributed by atoms with Gasteiger partial charge in [0.2, 0.25) is 0 Å². The van der Waals surface area contributed by atoms with E-state index in [4.69, 9.17) is 10.4 Å². The predicted molar refractivity (Wildman–Crippen MR) is 132 cm³/mol. The summed E-state index contributed by atoms with van der Waals surface area (Å²) in [5, 5.41) is 19.2. The molecular weight excluding hydrogens is 589 g/mol. The van der Waals surface area contributed by atoms with Crippen LogP contribution in [0.25, 0.3) is 11.3 Å². The Labute approximate surface area is 212 Å². The number of rotatable bonds is 8. The largest absolute Gasteiger partial charge is 2.00 e. The molecule has 0 fully saturated rings. The summed E-state index contributed by atoms with van der Waals surface area (Å²) in [6.07, 6.45) is 3.36. The molecule has 0 amide bonds. The van der Waals surface area contributed by atoms with Gasteiger partial charge < -0.3 is 15.5 Å². The number of nitrogens with zero attached hydrogens (tertiary/aromatic N) is 2. The van der Waals surface area contributed by atoms with Crippen LogP contribution in [0.5, 0.6) is 0 Å². The monoisotopic (exact) mass is 620 g/mol. The van der Waals surface area contributed by atoms with E-state index in [-0.39, 0.29) is 32.8 Å². The van der Waals surface area contributed by atoms with Gasteiger partial charge >= 0.3 is 21.1 Å². The summed E-state index contributed by atoms with van der Waals surface area (Å²) in [5.41, 5.74) is 3.27. The Kier molecular flexibility index (Phi) is 9.73. The van der Waals surface area contributed by atoms with Crippen LogP contribution in [-0.4, -0.2) is 21.8 Å². The number of aliphatic imine (C=N–C) groups is 1. The standard InChI is InChI=1S/C28H31N3O.Pt/c1-5-11-20(6-2)21-16-18-23(19-17-21)26(29)31-27(32)28(3,4)25-15-10-14-24(30-25)22-12-8-7-9-13-22;/h7-10,12,14-18,20H,5-6,11H2,1-4H3,(H2,29,31,32);/q-2;+2. The fourth-order valence-corrected chi connectivity index (χ4v) is 3.70. The van der Waals surface area contributed by atoms with E-state index < -0.39 is 5.41 Å². The summed E-state index contributed by atoms with van der Waals surface area (Å²) in [6, 6.07) is 25.6. The molecule has 1 heterocycles. The fourth-order valence-electron chi connectivity index (χ4n) is 3.70. The fraction of sp³-hybridized carbons (Fsp3) is 0.321. The number of amidine groups is 1. The van der Waals surface area contributed by atoms with E-state index in [2.05, 4.69) is 31.0 Å². The first kappa shape index (κ1) is 26.7. The van der Waals surface area contributed by atoms with Crippen molar-refractivity contribution in [2.75, 3.05) is 0 Å². The number of hydrogen-bond acceptors (Lipinski definition) is 2. The molecule has 0 saturated carbocycles. The normalized spacial score (nSPS) is 12.7. The van der Waals surface area contributed by atoms with Crippen LogP contribution < -0.4 is 0 Å². The van der Waals surface area contributed by atoms with Gasteiger partial charge in [-0.3, -0.25) is 0 Å². The number of aliphatic hydroxyl groups is 1. The summed E-state index contributed by atoms with van der Waals surface area (Å²) < 4.78 is 0. The van der Waals surface area contributed by atoms with Crippen LogP contribution in [0.1, 0.15) is 69.7 Å². The Morgan fingerprint density at radius 1 is 1.09 bits per heavy atom. The molecule has 5 heteroatoms. The average molecular weight is 621 g/mol. The third-order valence-electron chi connectivity index (χ3n) is 5.84. The van der Waals surface area contributed by atoms with Crippen molar-refractivity contribution in [1.82, 2.24) is 4.98 Å². The molecule has 0 bridgehead atoms. The Bertz CT molecular complexity index is 1080. The molecule has 0 saturated heterocycles. The van der Waals surface area contributed by atoms with Gasteiger partial charge in [-0.05, 0) is 25.6 Å². The molecule has 4 nitrogen and oxygen atoms in total. The number of hydrogen-bond donors (Lipinski definition) is 2. The summed E-state index contributed by atoms with van der Waals surface area (Å²) in [4.78, 5) is 8.93. The van der Waals surface area contributed by atoms with Crippen molar-refractivity contribution in [2.24, 2.45) is 4.99 Å². The Hall–Kier alpha value is -2.58. The molecule has 2 N–H and O–H groups in total. The molecule has 0 spiro atoms. The zero-order chi connectivity index (χ0) is 23.1. The van der Waals surface area contributed by atoms with E-state index in [0.29, 0.717) is 17.2 Å². The molecule has 1 atom stereocenters. The van der Waals surface area contributed by atoms with Crippen LogP contribution >= 0.6 is 0 Å². The first-order chi connectivity index (χ1) is 15.4. The minimum atomic E-state index is -0.856. The van der Waals surface area contributed by atoms with Crippen molar-refractivity contribution in [3.05, 3.63) is 89.6 Å². The van der Waals surface area contributed by atoms with Crippen LogP contribution in [0.3, 0.4) is 0 Å². The van der Waals surface area contributed by atoms with Crippen LogP contribution in [-0.2, 0) is 26.5 Å². The van der Waals surface area contributed by atoms with Gasteiger partial charge in [0.25, 0.3) is 0 Å². The quantitative estimate of drug-likeness (QED) is 0.164. The van der Waals surface area contributed by atoms with E-state index in [1.54, 1.807) is 0 Å². The van der Waals surface area contributed by atoms with E-state index in [1.807, 2.05) is 74.5 Å². The molecule has 0 aliphatic carbocycles. The molecule has 1 aromatic heterocycles. The van der Waals surface area contributed by atoms with Crippen molar-refractivity contribution in [3.8, 4) is 11.3 Å². The minimum Gasteiger partial charge on any atom is -0.496 e. The van der Waals surface area contributed by atoms with E-state index >= 15 is 0 Å². The summed E-state index contributed by atoms with van der Waals surface area (Å²) in [5.74, 6) is 0.341. The second-order valence-corrected chi connectivity index (χ2v) is 8.52. The van der Waals surface area contributed by atoms with Crippen molar-refractivity contribution in [2.45, 2.75) is 58.3 Å². The second kappa shape index (κ2) is 12.0. The zero-order valence-corrected chi connectivity index (χ0v) is 21.9. The van der Waals surface area contributed by atoms with Gasteiger partial charge in [0.1, 0.15) is 0 Å². The van der Waals surface area contributed by atoms with Gasteiger partial charge in [0, 0.05) is 5.69 Å². The molecule has 1 unspecified atom stereocenters. The first-order valence-electron chi connectivity index (χ1n) is 11.2. The molecule has 0 aliphatic heterocycles.